The van der Waals surface area contributed by atoms with Crippen LogP contribution in [0.15, 0.2) is 18.3 Å². The number of benzene rings is 1. The summed E-state index contributed by atoms with van der Waals surface area (Å²) >= 11 is 11.8. The predicted molar refractivity (Wildman–Crippen MR) is 79.6 cm³/mol. The first-order valence-electron chi connectivity index (χ1n) is 6.56. The zero-order valence-corrected chi connectivity index (χ0v) is 12.3. The van der Waals surface area contributed by atoms with Crippen molar-refractivity contribution in [2.75, 3.05) is 5.73 Å². The average molecular weight is 314 g/mol. The fraction of sp³-hybridized carbons (Fsp3) is 0.357. The molecule has 6 heteroatoms. The second kappa shape index (κ2) is 5.26. The summed E-state index contributed by atoms with van der Waals surface area (Å²) in [5.41, 5.74) is 7.49. The second-order valence-electron chi connectivity index (χ2n) is 5.10. The van der Waals surface area contributed by atoms with Crippen LogP contribution in [0, 0.1) is 5.82 Å². The normalized spacial score (nSPS) is 15.9. The Morgan fingerprint density at radius 2 is 1.90 bits per heavy atom. The van der Waals surface area contributed by atoms with E-state index in [2.05, 4.69) is 5.10 Å². The van der Waals surface area contributed by atoms with Gasteiger partial charge in [0, 0.05) is 11.8 Å². The molecule has 0 spiro atoms. The summed E-state index contributed by atoms with van der Waals surface area (Å²) in [6, 6.07) is 3.03. The summed E-state index contributed by atoms with van der Waals surface area (Å²) in [6.45, 7) is 0. The molecule has 1 fully saturated rings. The topological polar surface area (TPSA) is 43.8 Å². The third kappa shape index (κ3) is 2.38. The Bertz CT molecular complexity index is 648. The minimum Gasteiger partial charge on any atom is -0.396 e. The molecule has 1 aliphatic carbocycles. The molecule has 20 heavy (non-hydrogen) atoms. The van der Waals surface area contributed by atoms with E-state index in [1.165, 1.54) is 25.0 Å². The first kappa shape index (κ1) is 13.7. The van der Waals surface area contributed by atoms with Crippen molar-refractivity contribution >= 4 is 28.9 Å². The van der Waals surface area contributed by atoms with Gasteiger partial charge >= 0.3 is 0 Å². The van der Waals surface area contributed by atoms with Crippen molar-refractivity contribution in [1.82, 2.24) is 9.78 Å². The number of hydrogen-bond donors (Lipinski definition) is 1. The molecule has 1 aromatic carbocycles. The number of rotatable bonds is 2. The van der Waals surface area contributed by atoms with Crippen LogP contribution in [0.2, 0.25) is 10.0 Å². The minimum absolute atomic E-state index is 0.00690. The SMILES string of the molecule is Nc1cn(C2CCCC2)nc1-c1cc(F)c(Cl)cc1Cl. The van der Waals surface area contributed by atoms with E-state index in [1.54, 1.807) is 6.20 Å². The van der Waals surface area contributed by atoms with Crippen LogP contribution in [-0.4, -0.2) is 9.78 Å². The van der Waals surface area contributed by atoms with Gasteiger partial charge in [0.1, 0.15) is 11.5 Å². The van der Waals surface area contributed by atoms with Crippen LogP contribution in [0.3, 0.4) is 0 Å². The van der Waals surface area contributed by atoms with E-state index in [0.29, 0.717) is 28.0 Å². The lowest BCUT2D eigenvalue weighted by atomic mass is 10.1. The third-order valence-electron chi connectivity index (χ3n) is 3.72. The molecule has 0 atom stereocenters. The van der Waals surface area contributed by atoms with Crippen molar-refractivity contribution in [3.8, 4) is 11.3 Å². The summed E-state index contributed by atoms with van der Waals surface area (Å²) in [5.74, 6) is -0.527. The van der Waals surface area contributed by atoms with Crippen LogP contribution < -0.4 is 5.73 Å². The van der Waals surface area contributed by atoms with Crippen LogP contribution in [0.25, 0.3) is 11.3 Å². The number of aromatic nitrogens is 2. The van der Waals surface area contributed by atoms with Crippen molar-refractivity contribution in [2.45, 2.75) is 31.7 Å². The summed E-state index contributed by atoms with van der Waals surface area (Å²) in [4.78, 5) is 0. The monoisotopic (exact) mass is 313 g/mol. The Hall–Kier alpha value is -1.26. The molecule has 3 nitrogen and oxygen atoms in total. The van der Waals surface area contributed by atoms with Gasteiger partial charge < -0.3 is 5.73 Å². The molecule has 0 aliphatic heterocycles. The Kier molecular flexibility index (Phi) is 3.61. The molecule has 0 radical (unpaired) electrons. The second-order valence-corrected chi connectivity index (χ2v) is 5.91. The van der Waals surface area contributed by atoms with Crippen LogP contribution in [0.4, 0.5) is 10.1 Å². The lowest BCUT2D eigenvalue weighted by molar-refractivity contribution is 0.468. The number of anilines is 1. The van der Waals surface area contributed by atoms with E-state index in [1.807, 2.05) is 4.68 Å². The van der Waals surface area contributed by atoms with E-state index in [9.17, 15) is 4.39 Å². The molecular weight excluding hydrogens is 300 g/mol. The summed E-state index contributed by atoms with van der Waals surface area (Å²) < 4.78 is 15.5. The highest BCUT2D eigenvalue weighted by Gasteiger charge is 2.21. The van der Waals surface area contributed by atoms with Crippen molar-refractivity contribution < 1.29 is 4.39 Å². The van der Waals surface area contributed by atoms with Crippen LogP contribution in [-0.2, 0) is 0 Å². The molecule has 1 aliphatic rings. The molecule has 0 saturated heterocycles. The first-order chi connectivity index (χ1) is 9.56. The fourth-order valence-electron chi connectivity index (χ4n) is 2.67. The van der Waals surface area contributed by atoms with Gasteiger partial charge in [-0.1, -0.05) is 36.0 Å². The highest BCUT2D eigenvalue weighted by molar-refractivity contribution is 6.36. The maximum Gasteiger partial charge on any atom is 0.142 e. The molecule has 1 heterocycles. The molecule has 3 rings (SSSR count). The predicted octanol–water partition coefficient (Wildman–Crippen LogP) is 4.69. The Morgan fingerprint density at radius 1 is 1.20 bits per heavy atom. The Balaban J connectivity index is 2.04. The largest absolute Gasteiger partial charge is 0.396 e. The van der Waals surface area contributed by atoms with Crippen molar-refractivity contribution in [3.05, 3.63) is 34.2 Å². The molecular formula is C14H14Cl2FN3. The summed E-state index contributed by atoms with van der Waals surface area (Å²) in [6.07, 6.45) is 6.41. The summed E-state index contributed by atoms with van der Waals surface area (Å²) in [7, 11) is 0. The number of nitrogen functional groups attached to an aromatic ring is 1. The van der Waals surface area contributed by atoms with Gasteiger partial charge in [0.2, 0.25) is 0 Å². The summed E-state index contributed by atoms with van der Waals surface area (Å²) in [5, 5.41) is 4.83. The molecule has 1 aromatic heterocycles. The maximum atomic E-state index is 13.6. The number of nitrogens with two attached hydrogens (primary N) is 1. The lowest BCUT2D eigenvalue weighted by Gasteiger charge is -2.09. The molecule has 0 bridgehead atoms. The van der Waals surface area contributed by atoms with E-state index >= 15 is 0 Å². The maximum absolute atomic E-state index is 13.6. The number of hydrogen-bond acceptors (Lipinski definition) is 2. The van der Waals surface area contributed by atoms with Crippen LogP contribution >= 0.6 is 23.2 Å². The van der Waals surface area contributed by atoms with Gasteiger partial charge in [-0.25, -0.2) is 4.39 Å². The highest BCUT2D eigenvalue weighted by Crippen LogP contribution is 2.36. The van der Waals surface area contributed by atoms with Gasteiger partial charge in [-0.3, -0.25) is 4.68 Å². The fourth-order valence-corrected chi connectivity index (χ4v) is 3.15. The lowest BCUT2D eigenvalue weighted by Crippen LogP contribution is -2.05. The third-order valence-corrected chi connectivity index (χ3v) is 4.33. The molecule has 0 unspecified atom stereocenters. The average Bonchev–Trinajstić information content (AvgIpc) is 3.03. The van der Waals surface area contributed by atoms with Gasteiger partial charge in [-0.2, -0.15) is 5.10 Å². The molecule has 0 amide bonds. The standard InChI is InChI=1S/C14H14Cl2FN3/c15-10-6-11(16)12(17)5-9(10)14-13(18)7-20(19-14)8-3-1-2-4-8/h5-8H,1-4,18H2. The van der Waals surface area contributed by atoms with Gasteiger partial charge in [-0.05, 0) is 25.0 Å². The quantitative estimate of drug-likeness (QED) is 0.817. The smallest absolute Gasteiger partial charge is 0.142 e. The Labute approximate surface area is 126 Å². The van der Waals surface area contributed by atoms with Crippen LogP contribution in [0.5, 0.6) is 0 Å². The zero-order chi connectivity index (χ0) is 14.3. The zero-order valence-electron chi connectivity index (χ0n) is 10.7. The van der Waals surface area contributed by atoms with Gasteiger partial charge in [0.15, 0.2) is 0 Å². The van der Waals surface area contributed by atoms with Crippen molar-refractivity contribution in [2.24, 2.45) is 0 Å². The van der Waals surface area contributed by atoms with Crippen molar-refractivity contribution in [3.63, 3.8) is 0 Å². The highest BCUT2D eigenvalue weighted by atomic mass is 35.5. The van der Waals surface area contributed by atoms with E-state index < -0.39 is 5.82 Å². The van der Waals surface area contributed by atoms with E-state index in [0.717, 1.165) is 12.8 Å². The number of nitrogens with zero attached hydrogens (tertiary/aromatic N) is 2. The van der Waals surface area contributed by atoms with Crippen molar-refractivity contribution in [1.29, 1.82) is 0 Å². The number of halogens is 3. The Morgan fingerprint density at radius 3 is 2.60 bits per heavy atom. The van der Waals surface area contributed by atoms with E-state index in [4.69, 9.17) is 28.9 Å². The molecule has 106 valence electrons. The van der Waals surface area contributed by atoms with Crippen LogP contribution in [0.1, 0.15) is 31.7 Å². The minimum atomic E-state index is -0.527. The molecule has 1 saturated carbocycles. The van der Waals surface area contributed by atoms with Gasteiger partial charge in [-0.15, -0.1) is 0 Å². The van der Waals surface area contributed by atoms with E-state index in [-0.39, 0.29) is 5.02 Å². The van der Waals surface area contributed by atoms with Gasteiger partial charge in [0.05, 0.1) is 21.8 Å². The van der Waals surface area contributed by atoms with Gasteiger partial charge in [0.25, 0.3) is 0 Å². The molecule has 2 N–H and O–H groups in total. The first-order valence-corrected chi connectivity index (χ1v) is 7.31. The molecule has 2 aromatic rings.